The van der Waals surface area contributed by atoms with Crippen molar-refractivity contribution >= 4 is 11.4 Å². The quantitative estimate of drug-likeness (QED) is 0.662. The van der Waals surface area contributed by atoms with E-state index in [9.17, 15) is 0 Å². The lowest BCUT2D eigenvalue weighted by molar-refractivity contribution is 0.469. The summed E-state index contributed by atoms with van der Waals surface area (Å²) in [5, 5.41) is 1.82. The Morgan fingerprint density at radius 1 is 1.45 bits per heavy atom. The molecule has 0 radical (unpaired) electrons. The Bertz CT molecular complexity index is 234. The molecular formula is C8H10N3-. The monoisotopic (exact) mass is 148 g/mol. The van der Waals surface area contributed by atoms with Gasteiger partial charge in [0.05, 0.1) is 0 Å². The lowest BCUT2D eigenvalue weighted by Gasteiger charge is -2.27. The molecule has 1 aromatic carbocycles. The first kappa shape index (κ1) is 6.49. The number of nitrogens with zero attached hydrogens (tertiary/aromatic N) is 2. The third-order valence-electron chi connectivity index (χ3n) is 1.68. The number of hydrogen-bond acceptors (Lipinski definition) is 2. The highest BCUT2D eigenvalue weighted by Crippen LogP contribution is 2.35. The topological polar surface area (TPSA) is 29.4 Å². The van der Waals surface area contributed by atoms with Crippen LogP contribution in [0.1, 0.15) is 6.92 Å². The number of hydrazine groups is 1. The number of para-hydroxylation sites is 1. The zero-order chi connectivity index (χ0) is 7.68. The molecule has 11 heavy (non-hydrogen) atoms. The lowest BCUT2D eigenvalue weighted by Crippen LogP contribution is -2.18. The minimum atomic E-state index is 0.884. The minimum absolute atomic E-state index is 0.884. The van der Waals surface area contributed by atoms with Gasteiger partial charge >= 0.3 is 0 Å². The van der Waals surface area contributed by atoms with E-state index in [1.165, 1.54) is 0 Å². The summed E-state index contributed by atoms with van der Waals surface area (Å²) >= 11 is 0. The van der Waals surface area contributed by atoms with Gasteiger partial charge in [0, 0.05) is 5.69 Å². The molecule has 0 fully saturated rings. The van der Waals surface area contributed by atoms with Gasteiger partial charge in [-0.1, -0.05) is 25.1 Å². The van der Waals surface area contributed by atoms with E-state index in [2.05, 4.69) is 17.8 Å². The fourth-order valence-electron chi connectivity index (χ4n) is 1.10. The molecule has 0 aliphatic carbocycles. The van der Waals surface area contributed by atoms with Gasteiger partial charge in [-0.25, -0.2) is 0 Å². The average Bonchev–Trinajstić information content (AvgIpc) is 2.46. The molecule has 1 N–H and O–H groups in total. The van der Waals surface area contributed by atoms with Crippen LogP contribution in [0.2, 0.25) is 0 Å². The van der Waals surface area contributed by atoms with Crippen molar-refractivity contribution in [3.8, 4) is 0 Å². The van der Waals surface area contributed by atoms with Gasteiger partial charge < -0.3 is 10.9 Å². The maximum absolute atomic E-state index is 4.29. The van der Waals surface area contributed by atoms with Gasteiger partial charge in [0.15, 0.2) is 0 Å². The van der Waals surface area contributed by atoms with Crippen molar-refractivity contribution in [2.24, 2.45) is 0 Å². The highest BCUT2D eigenvalue weighted by molar-refractivity contribution is 5.74. The molecule has 0 saturated carbocycles. The number of anilines is 1. The molecule has 1 heterocycles. The Morgan fingerprint density at radius 3 is 3.00 bits per heavy atom. The van der Waals surface area contributed by atoms with Crippen LogP contribution in [-0.2, 0) is 0 Å². The Kier molecular flexibility index (Phi) is 1.43. The number of hydrogen-bond donors (Lipinski definition) is 1. The molecule has 1 aliphatic rings. The SMILES string of the molecule is CCN1[N-]c2ccccc2N1. The number of nitrogens with one attached hydrogen (secondary N) is 1. The van der Waals surface area contributed by atoms with Crippen LogP contribution in [0.3, 0.4) is 0 Å². The molecule has 0 unspecified atom stereocenters. The number of fused-ring (bicyclic) bond motifs is 1. The normalized spacial score (nSPS) is 15.4. The van der Waals surface area contributed by atoms with Crippen LogP contribution in [0, 0.1) is 0 Å². The van der Waals surface area contributed by atoms with Crippen LogP contribution >= 0.6 is 0 Å². The van der Waals surface area contributed by atoms with E-state index >= 15 is 0 Å². The van der Waals surface area contributed by atoms with Gasteiger partial charge in [-0.05, 0) is 12.6 Å². The van der Waals surface area contributed by atoms with E-state index in [1.807, 2.05) is 29.4 Å². The van der Waals surface area contributed by atoms with Crippen LogP contribution in [0.4, 0.5) is 11.4 Å². The summed E-state index contributed by atoms with van der Waals surface area (Å²) in [7, 11) is 0. The van der Waals surface area contributed by atoms with Gasteiger partial charge in [-0.15, -0.1) is 5.69 Å². The van der Waals surface area contributed by atoms with E-state index in [-0.39, 0.29) is 0 Å². The van der Waals surface area contributed by atoms with Crippen molar-refractivity contribution in [1.29, 1.82) is 0 Å². The van der Waals surface area contributed by atoms with Gasteiger partial charge in [0.25, 0.3) is 0 Å². The first-order chi connectivity index (χ1) is 5.40. The minimum Gasteiger partial charge on any atom is -0.600 e. The van der Waals surface area contributed by atoms with E-state index in [0.717, 1.165) is 17.9 Å². The molecule has 0 aromatic heterocycles. The molecule has 0 amide bonds. The van der Waals surface area contributed by atoms with Crippen molar-refractivity contribution in [1.82, 2.24) is 5.12 Å². The van der Waals surface area contributed by atoms with Crippen molar-refractivity contribution in [3.63, 3.8) is 0 Å². The molecule has 3 nitrogen and oxygen atoms in total. The first-order valence-corrected chi connectivity index (χ1v) is 3.75. The summed E-state index contributed by atoms with van der Waals surface area (Å²) < 4.78 is 0. The van der Waals surface area contributed by atoms with Gasteiger partial charge in [0.2, 0.25) is 0 Å². The molecule has 0 atom stereocenters. The largest absolute Gasteiger partial charge is 0.600 e. The average molecular weight is 148 g/mol. The zero-order valence-corrected chi connectivity index (χ0v) is 6.41. The number of benzene rings is 1. The third kappa shape index (κ3) is 1.03. The molecule has 58 valence electrons. The molecule has 1 aliphatic heterocycles. The molecular weight excluding hydrogens is 138 g/mol. The maximum Gasteiger partial charge on any atom is 0.0337 e. The summed E-state index contributed by atoms with van der Waals surface area (Å²) in [6.07, 6.45) is 0. The molecule has 1 aromatic rings. The summed E-state index contributed by atoms with van der Waals surface area (Å²) in [4.78, 5) is 0. The highest BCUT2D eigenvalue weighted by Gasteiger charge is 2.02. The maximum atomic E-state index is 4.29. The summed E-state index contributed by atoms with van der Waals surface area (Å²) in [6, 6.07) is 8.01. The van der Waals surface area contributed by atoms with Crippen molar-refractivity contribution in [3.05, 3.63) is 29.7 Å². The van der Waals surface area contributed by atoms with Crippen LogP contribution in [0.15, 0.2) is 24.3 Å². The molecule has 0 spiro atoms. The van der Waals surface area contributed by atoms with E-state index in [4.69, 9.17) is 0 Å². The van der Waals surface area contributed by atoms with Crippen molar-refractivity contribution in [2.75, 3.05) is 12.0 Å². The zero-order valence-electron chi connectivity index (χ0n) is 6.41. The van der Waals surface area contributed by atoms with Gasteiger partial charge in [-0.3, -0.25) is 5.12 Å². The lowest BCUT2D eigenvalue weighted by atomic mass is 10.3. The second-order valence-electron chi connectivity index (χ2n) is 2.44. The van der Waals surface area contributed by atoms with Gasteiger partial charge in [0.1, 0.15) is 0 Å². The fraction of sp³-hybridized carbons (Fsp3) is 0.250. The Morgan fingerprint density at radius 2 is 2.27 bits per heavy atom. The Labute approximate surface area is 66.0 Å². The Balaban J connectivity index is 2.27. The summed E-state index contributed by atoms with van der Waals surface area (Å²) in [5.74, 6) is 0. The second kappa shape index (κ2) is 2.43. The van der Waals surface area contributed by atoms with Gasteiger partial charge in [-0.2, -0.15) is 0 Å². The van der Waals surface area contributed by atoms with E-state index < -0.39 is 0 Å². The van der Waals surface area contributed by atoms with E-state index in [0.29, 0.717) is 0 Å². The van der Waals surface area contributed by atoms with Crippen LogP contribution in [0.5, 0.6) is 0 Å². The molecule has 2 rings (SSSR count). The van der Waals surface area contributed by atoms with Crippen molar-refractivity contribution < 1.29 is 0 Å². The predicted octanol–water partition coefficient (Wildman–Crippen LogP) is 2.27. The molecule has 0 saturated heterocycles. The number of rotatable bonds is 1. The molecule has 3 heteroatoms. The van der Waals surface area contributed by atoms with Crippen LogP contribution in [0.25, 0.3) is 5.43 Å². The fourth-order valence-corrected chi connectivity index (χ4v) is 1.10. The third-order valence-corrected chi connectivity index (χ3v) is 1.68. The molecule has 0 bridgehead atoms. The van der Waals surface area contributed by atoms with Crippen LogP contribution in [-0.4, -0.2) is 11.7 Å². The first-order valence-electron chi connectivity index (χ1n) is 3.75. The standard InChI is InChI=1S/C8H10N3/c1-2-11-9-7-5-3-4-6-8(7)10-11/h3-6,9H,2H2,1H3/q-1. The van der Waals surface area contributed by atoms with Crippen molar-refractivity contribution in [2.45, 2.75) is 6.92 Å². The summed E-state index contributed by atoms with van der Waals surface area (Å²) in [6.45, 7) is 2.94. The van der Waals surface area contributed by atoms with E-state index in [1.54, 1.807) is 0 Å². The highest BCUT2D eigenvalue weighted by atomic mass is 15.8. The Hall–Kier alpha value is -1.22. The predicted molar refractivity (Wildman–Crippen MR) is 45.5 cm³/mol. The summed E-state index contributed by atoms with van der Waals surface area (Å²) in [5.41, 5.74) is 9.56. The second-order valence-corrected chi connectivity index (χ2v) is 2.44. The van der Waals surface area contributed by atoms with Crippen LogP contribution < -0.4 is 5.43 Å². The smallest absolute Gasteiger partial charge is 0.0337 e.